The van der Waals surface area contributed by atoms with E-state index in [4.69, 9.17) is 14.3 Å². The maximum absolute atomic E-state index is 10.9. The SMILES string of the molecule is CC(C)CC(C)Oc1nc2ccc(C(=O)O)cc2o1. The Morgan fingerprint density at radius 3 is 2.79 bits per heavy atom. The number of hydrogen-bond acceptors (Lipinski definition) is 4. The zero-order valence-corrected chi connectivity index (χ0v) is 11.2. The van der Waals surface area contributed by atoms with Gasteiger partial charge in [0.2, 0.25) is 0 Å². The van der Waals surface area contributed by atoms with Crippen molar-refractivity contribution in [1.29, 1.82) is 0 Å². The zero-order chi connectivity index (χ0) is 14.0. The van der Waals surface area contributed by atoms with E-state index in [1.54, 1.807) is 6.07 Å². The number of rotatable bonds is 5. The summed E-state index contributed by atoms with van der Waals surface area (Å²) >= 11 is 0. The second-order valence-electron chi connectivity index (χ2n) is 5.03. The van der Waals surface area contributed by atoms with Gasteiger partial charge in [0, 0.05) is 0 Å². The van der Waals surface area contributed by atoms with Crippen molar-refractivity contribution in [1.82, 2.24) is 4.98 Å². The van der Waals surface area contributed by atoms with Gasteiger partial charge in [-0.15, -0.1) is 0 Å². The van der Waals surface area contributed by atoms with Gasteiger partial charge in [-0.1, -0.05) is 13.8 Å². The summed E-state index contributed by atoms with van der Waals surface area (Å²) in [4.78, 5) is 15.0. The average molecular weight is 263 g/mol. The number of aromatic nitrogens is 1. The van der Waals surface area contributed by atoms with Gasteiger partial charge in [-0.05, 0) is 37.5 Å². The molecule has 0 aliphatic heterocycles. The van der Waals surface area contributed by atoms with E-state index in [1.165, 1.54) is 12.1 Å². The minimum absolute atomic E-state index is 0.00649. The molecule has 1 heterocycles. The minimum atomic E-state index is -0.992. The molecule has 0 saturated heterocycles. The molecule has 5 nitrogen and oxygen atoms in total. The van der Waals surface area contributed by atoms with Crippen LogP contribution in [0.5, 0.6) is 6.08 Å². The lowest BCUT2D eigenvalue weighted by Gasteiger charge is -2.12. The van der Waals surface area contributed by atoms with Crippen molar-refractivity contribution in [3.05, 3.63) is 23.8 Å². The van der Waals surface area contributed by atoms with Gasteiger partial charge in [0.05, 0.1) is 5.56 Å². The topological polar surface area (TPSA) is 72.6 Å². The van der Waals surface area contributed by atoms with Crippen LogP contribution in [0.4, 0.5) is 0 Å². The fourth-order valence-corrected chi connectivity index (χ4v) is 1.97. The van der Waals surface area contributed by atoms with Crippen LogP contribution in [0.3, 0.4) is 0 Å². The second kappa shape index (κ2) is 5.30. The lowest BCUT2D eigenvalue weighted by Crippen LogP contribution is -2.14. The number of benzene rings is 1. The summed E-state index contributed by atoms with van der Waals surface area (Å²) in [5.41, 5.74) is 1.19. The molecule has 1 aromatic carbocycles. The van der Waals surface area contributed by atoms with Crippen LogP contribution in [-0.2, 0) is 0 Å². The summed E-state index contributed by atoms with van der Waals surface area (Å²) in [5, 5.41) is 8.90. The van der Waals surface area contributed by atoms with Gasteiger partial charge < -0.3 is 14.3 Å². The fraction of sp³-hybridized carbons (Fsp3) is 0.429. The first-order valence-corrected chi connectivity index (χ1v) is 6.26. The normalized spacial score (nSPS) is 12.8. The highest BCUT2D eigenvalue weighted by Gasteiger charge is 2.13. The summed E-state index contributed by atoms with van der Waals surface area (Å²) in [5.74, 6) is -0.466. The lowest BCUT2D eigenvalue weighted by molar-refractivity contribution is 0.0696. The highest BCUT2D eigenvalue weighted by Crippen LogP contribution is 2.23. The molecule has 2 rings (SSSR count). The molecule has 0 fully saturated rings. The van der Waals surface area contributed by atoms with Crippen molar-refractivity contribution in [3.8, 4) is 6.08 Å². The molecule has 2 aromatic rings. The van der Waals surface area contributed by atoms with E-state index in [0.717, 1.165) is 6.42 Å². The number of carboxylic acid groups (broad SMARTS) is 1. The molecular formula is C14H17NO4. The van der Waals surface area contributed by atoms with E-state index >= 15 is 0 Å². The summed E-state index contributed by atoms with van der Waals surface area (Å²) in [6.45, 7) is 6.19. The first-order valence-electron chi connectivity index (χ1n) is 6.26. The number of hydrogen-bond donors (Lipinski definition) is 1. The number of carbonyl (C=O) groups is 1. The molecule has 1 aromatic heterocycles. The molecule has 0 aliphatic carbocycles. The smallest absolute Gasteiger partial charge is 0.394 e. The van der Waals surface area contributed by atoms with E-state index in [9.17, 15) is 4.79 Å². The third-order valence-electron chi connectivity index (χ3n) is 2.72. The van der Waals surface area contributed by atoms with Crippen LogP contribution >= 0.6 is 0 Å². The van der Waals surface area contributed by atoms with Crippen LogP contribution in [0.2, 0.25) is 0 Å². The van der Waals surface area contributed by atoms with Gasteiger partial charge in [-0.25, -0.2) is 4.79 Å². The first kappa shape index (κ1) is 13.4. The van der Waals surface area contributed by atoms with E-state index in [0.29, 0.717) is 17.0 Å². The molecule has 1 N–H and O–H groups in total. The summed E-state index contributed by atoms with van der Waals surface area (Å²) < 4.78 is 11.0. The molecule has 1 atom stereocenters. The Morgan fingerprint density at radius 2 is 2.16 bits per heavy atom. The van der Waals surface area contributed by atoms with Gasteiger partial charge in [0.15, 0.2) is 5.58 Å². The Morgan fingerprint density at radius 1 is 1.42 bits per heavy atom. The highest BCUT2D eigenvalue weighted by molar-refractivity contribution is 5.91. The number of ether oxygens (including phenoxy) is 1. The number of carboxylic acids is 1. The maximum Gasteiger partial charge on any atom is 0.394 e. The Hall–Kier alpha value is -2.04. The van der Waals surface area contributed by atoms with Crippen molar-refractivity contribution in [2.75, 3.05) is 0 Å². The van der Waals surface area contributed by atoms with Crippen molar-refractivity contribution in [2.24, 2.45) is 5.92 Å². The number of fused-ring (bicyclic) bond motifs is 1. The second-order valence-corrected chi connectivity index (χ2v) is 5.03. The molecule has 0 spiro atoms. The summed E-state index contributed by atoms with van der Waals surface area (Å²) in [6.07, 6.45) is 1.09. The Balaban J connectivity index is 2.19. The largest absolute Gasteiger partial charge is 0.478 e. The van der Waals surface area contributed by atoms with Crippen LogP contribution in [0.25, 0.3) is 11.1 Å². The zero-order valence-electron chi connectivity index (χ0n) is 11.2. The van der Waals surface area contributed by atoms with Gasteiger partial charge in [-0.2, -0.15) is 4.98 Å². The predicted octanol–water partition coefficient (Wildman–Crippen LogP) is 3.34. The van der Waals surface area contributed by atoms with E-state index in [2.05, 4.69) is 18.8 Å². The molecule has 5 heteroatoms. The standard InChI is InChI=1S/C14H17NO4/c1-8(2)6-9(3)18-14-15-11-5-4-10(13(16)17)7-12(11)19-14/h4-5,7-9H,6H2,1-3H3,(H,16,17). The van der Waals surface area contributed by atoms with Crippen LogP contribution < -0.4 is 4.74 Å². The van der Waals surface area contributed by atoms with Crippen molar-refractivity contribution >= 4 is 17.1 Å². The number of nitrogens with zero attached hydrogens (tertiary/aromatic N) is 1. The molecular weight excluding hydrogens is 246 g/mol. The maximum atomic E-state index is 10.9. The molecule has 0 aliphatic rings. The lowest BCUT2D eigenvalue weighted by atomic mass is 10.1. The van der Waals surface area contributed by atoms with Gasteiger partial charge >= 0.3 is 12.0 Å². The van der Waals surface area contributed by atoms with E-state index < -0.39 is 5.97 Å². The van der Waals surface area contributed by atoms with Crippen molar-refractivity contribution in [2.45, 2.75) is 33.3 Å². The quantitative estimate of drug-likeness (QED) is 0.895. The van der Waals surface area contributed by atoms with E-state index in [1.807, 2.05) is 6.92 Å². The predicted molar refractivity (Wildman–Crippen MR) is 70.5 cm³/mol. The van der Waals surface area contributed by atoms with Crippen LogP contribution in [0.15, 0.2) is 22.6 Å². The Kier molecular flexibility index (Phi) is 3.74. The van der Waals surface area contributed by atoms with Gasteiger partial charge in [0.25, 0.3) is 0 Å². The molecule has 1 unspecified atom stereocenters. The number of oxazole rings is 1. The van der Waals surface area contributed by atoms with Crippen LogP contribution in [-0.4, -0.2) is 22.2 Å². The summed E-state index contributed by atoms with van der Waals surface area (Å²) in [6, 6.07) is 4.56. The monoisotopic (exact) mass is 263 g/mol. The third kappa shape index (κ3) is 3.24. The molecule has 0 radical (unpaired) electrons. The molecule has 0 amide bonds. The molecule has 0 bridgehead atoms. The van der Waals surface area contributed by atoms with Crippen LogP contribution in [0, 0.1) is 5.92 Å². The fourth-order valence-electron chi connectivity index (χ4n) is 1.97. The Bertz CT molecular complexity index is 588. The Labute approximate surface area is 111 Å². The minimum Gasteiger partial charge on any atom is -0.478 e. The first-order chi connectivity index (χ1) is 8.95. The van der Waals surface area contributed by atoms with Gasteiger partial charge in [0.1, 0.15) is 11.6 Å². The number of aromatic carboxylic acids is 1. The summed E-state index contributed by atoms with van der Waals surface area (Å²) in [7, 11) is 0. The van der Waals surface area contributed by atoms with Gasteiger partial charge in [-0.3, -0.25) is 0 Å². The molecule has 19 heavy (non-hydrogen) atoms. The van der Waals surface area contributed by atoms with Crippen LogP contribution in [0.1, 0.15) is 37.6 Å². The van der Waals surface area contributed by atoms with E-state index in [-0.39, 0.29) is 17.7 Å². The molecule has 0 saturated carbocycles. The average Bonchev–Trinajstić information content (AvgIpc) is 2.68. The van der Waals surface area contributed by atoms with Crippen molar-refractivity contribution < 1.29 is 19.1 Å². The van der Waals surface area contributed by atoms with Crippen molar-refractivity contribution in [3.63, 3.8) is 0 Å². The highest BCUT2D eigenvalue weighted by atomic mass is 16.6. The molecule has 102 valence electrons. The third-order valence-corrected chi connectivity index (χ3v) is 2.72.